The molecular formula is C14H16N4O4S. The number of fused-ring (bicyclic) bond motifs is 1. The molecule has 0 saturated carbocycles. The fraction of sp³-hybridized carbons (Fsp3) is 0.286. The number of sulfonamides is 1. The molecule has 8 nitrogen and oxygen atoms in total. The van der Waals surface area contributed by atoms with Crippen LogP contribution in [0.3, 0.4) is 0 Å². The fourth-order valence-corrected chi connectivity index (χ4v) is 3.85. The molecule has 0 unspecified atom stereocenters. The van der Waals surface area contributed by atoms with Gasteiger partial charge in [-0.15, -0.1) is 0 Å². The minimum atomic E-state index is -3.78. The summed E-state index contributed by atoms with van der Waals surface area (Å²) in [6.07, 6.45) is 0.253. The number of aryl methyl sites for hydroxylation is 2. The molecule has 2 heterocycles. The largest absolute Gasteiger partial charge is 0.491 e. The number of rotatable bonds is 3. The van der Waals surface area contributed by atoms with Crippen molar-refractivity contribution in [2.75, 3.05) is 16.6 Å². The molecule has 3 N–H and O–H groups in total. The van der Waals surface area contributed by atoms with E-state index >= 15 is 0 Å². The van der Waals surface area contributed by atoms with E-state index in [1.807, 2.05) is 0 Å². The van der Waals surface area contributed by atoms with Gasteiger partial charge in [-0.1, -0.05) is 0 Å². The first-order valence-electron chi connectivity index (χ1n) is 6.98. The zero-order valence-electron chi connectivity index (χ0n) is 12.6. The summed E-state index contributed by atoms with van der Waals surface area (Å²) in [4.78, 5) is 11.7. The maximum atomic E-state index is 12.5. The fourth-order valence-electron chi connectivity index (χ4n) is 2.43. The van der Waals surface area contributed by atoms with E-state index in [1.165, 1.54) is 6.07 Å². The Labute approximate surface area is 133 Å². The van der Waals surface area contributed by atoms with Gasteiger partial charge in [0.05, 0.1) is 35.8 Å². The normalized spacial score (nSPS) is 14.4. The Morgan fingerprint density at radius 1 is 1.30 bits per heavy atom. The van der Waals surface area contributed by atoms with E-state index in [0.29, 0.717) is 28.5 Å². The van der Waals surface area contributed by atoms with Gasteiger partial charge in [0.25, 0.3) is 10.0 Å². The molecule has 1 aromatic carbocycles. The molecule has 0 saturated heterocycles. The first-order chi connectivity index (χ1) is 10.9. The van der Waals surface area contributed by atoms with Crippen LogP contribution in [0.1, 0.15) is 17.8 Å². The topological polar surface area (TPSA) is 113 Å². The smallest absolute Gasteiger partial charge is 0.265 e. The molecule has 0 bridgehead atoms. The van der Waals surface area contributed by atoms with Gasteiger partial charge in [-0.3, -0.25) is 14.6 Å². The Balaban J connectivity index is 1.93. The van der Waals surface area contributed by atoms with E-state index in [0.717, 1.165) is 0 Å². The molecule has 23 heavy (non-hydrogen) atoms. The first kappa shape index (κ1) is 15.3. The Hall–Kier alpha value is -2.55. The summed E-state index contributed by atoms with van der Waals surface area (Å²) in [6.45, 7) is 3.54. The quantitative estimate of drug-likeness (QED) is 0.787. The minimum absolute atomic E-state index is 0.118. The average molecular weight is 336 g/mol. The second kappa shape index (κ2) is 5.58. The van der Waals surface area contributed by atoms with Crippen LogP contribution in [-0.4, -0.2) is 31.1 Å². The lowest BCUT2D eigenvalue weighted by Gasteiger charge is -2.12. The van der Waals surface area contributed by atoms with Crippen LogP contribution in [0, 0.1) is 13.8 Å². The molecule has 1 aliphatic rings. The second-order valence-corrected chi connectivity index (χ2v) is 6.85. The Morgan fingerprint density at radius 3 is 2.78 bits per heavy atom. The SMILES string of the molecule is Cc1n[nH]c(C)c1S(=O)(=O)Nc1ccc2c(c1)NC(=O)CCO2. The van der Waals surface area contributed by atoms with E-state index in [4.69, 9.17) is 4.74 Å². The van der Waals surface area contributed by atoms with Crippen LogP contribution < -0.4 is 14.8 Å². The number of hydrogen-bond acceptors (Lipinski definition) is 5. The van der Waals surface area contributed by atoms with Crippen molar-refractivity contribution in [1.82, 2.24) is 10.2 Å². The summed E-state index contributed by atoms with van der Waals surface area (Å²) in [5.41, 5.74) is 1.62. The molecule has 0 fully saturated rings. The number of aromatic nitrogens is 2. The molecule has 1 amide bonds. The zero-order valence-corrected chi connectivity index (χ0v) is 13.5. The molecule has 122 valence electrons. The molecule has 0 radical (unpaired) electrons. The Kier molecular flexibility index (Phi) is 3.72. The van der Waals surface area contributed by atoms with Gasteiger partial charge in [0.15, 0.2) is 0 Å². The van der Waals surface area contributed by atoms with Gasteiger partial charge in [-0.05, 0) is 32.0 Å². The Morgan fingerprint density at radius 2 is 2.09 bits per heavy atom. The number of benzene rings is 1. The van der Waals surface area contributed by atoms with Gasteiger partial charge in [0, 0.05) is 0 Å². The predicted octanol–water partition coefficient (Wildman–Crippen LogP) is 1.55. The molecule has 1 aliphatic heterocycles. The van der Waals surface area contributed by atoms with E-state index in [-0.39, 0.29) is 23.8 Å². The summed E-state index contributed by atoms with van der Waals surface area (Å²) in [5.74, 6) is 0.333. The van der Waals surface area contributed by atoms with Gasteiger partial charge >= 0.3 is 0 Å². The molecule has 3 rings (SSSR count). The van der Waals surface area contributed by atoms with Gasteiger partial charge < -0.3 is 10.1 Å². The first-order valence-corrected chi connectivity index (χ1v) is 8.46. The summed E-state index contributed by atoms with van der Waals surface area (Å²) in [7, 11) is -3.78. The van der Waals surface area contributed by atoms with Gasteiger partial charge in [0.2, 0.25) is 5.91 Å². The van der Waals surface area contributed by atoms with Gasteiger partial charge in [-0.25, -0.2) is 8.42 Å². The van der Waals surface area contributed by atoms with Crippen LogP contribution in [0.5, 0.6) is 5.75 Å². The highest BCUT2D eigenvalue weighted by Crippen LogP contribution is 2.31. The second-order valence-electron chi connectivity index (χ2n) is 5.23. The Bertz CT molecular complexity index is 853. The van der Waals surface area contributed by atoms with Crippen molar-refractivity contribution in [3.05, 3.63) is 29.6 Å². The number of H-pyrrole nitrogens is 1. The van der Waals surface area contributed by atoms with E-state index in [2.05, 4.69) is 20.2 Å². The molecule has 0 atom stereocenters. The highest BCUT2D eigenvalue weighted by Gasteiger charge is 2.23. The predicted molar refractivity (Wildman–Crippen MR) is 84.1 cm³/mol. The van der Waals surface area contributed by atoms with Crippen molar-refractivity contribution in [2.24, 2.45) is 0 Å². The summed E-state index contributed by atoms with van der Waals surface area (Å²) in [6, 6.07) is 4.73. The highest BCUT2D eigenvalue weighted by atomic mass is 32.2. The van der Waals surface area contributed by atoms with Gasteiger partial charge in [0.1, 0.15) is 10.6 Å². The number of carbonyl (C=O) groups excluding carboxylic acids is 1. The molecule has 2 aromatic rings. The van der Waals surface area contributed by atoms with Crippen LogP contribution in [0.4, 0.5) is 11.4 Å². The van der Waals surface area contributed by atoms with Crippen molar-refractivity contribution >= 4 is 27.3 Å². The molecule has 0 spiro atoms. The van der Waals surface area contributed by atoms with E-state index in [9.17, 15) is 13.2 Å². The van der Waals surface area contributed by atoms with Crippen LogP contribution in [0.15, 0.2) is 23.1 Å². The third-order valence-electron chi connectivity index (χ3n) is 3.42. The number of anilines is 2. The van der Waals surface area contributed by atoms with E-state index in [1.54, 1.807) is 26.0 Å². The maximum absolute atomic E-state index is 12.5. The lowest BCUT2D eigenvalue weighted by atomic mass is 10.2. The summed E-state index contributed by atoms with van der Waals surface area (Å²) in [5, 5.41) is 9.23. The van der Waals surface area contributed by atoms with Crippen LogP contribution in [0.25, 0.3) is 0 Å². The van der Waals surface area contributed by atoms with Crippen molar-refractivity contribution < 1.29 is 17.9 Å². The van der Waals surface area contributed by atoms with Crippen LogP contribution in [-0.2, 0) is 14.8 Å². The van der Waals surface area contributed by atoms with Crippen molar-refractivity contribution in [3.8, 4) is 5.75 Å². The number of nitrogens with one attached hydrogen (secondary N) is 3. The van der Waals surface area contributed by atoms with Crippen LogP contribution >= 0.6 is 0 Å². The van der Waals surface area contributed by atoms with E-state index < -0.39 is 10.0 Å². The lowest BCUT2D eigenvalue weighted by Crippen LogP contribution is -2.15. The van der Waals surface area contributed by atoms with Gasteiger partial charge in [-0.2, -0.15) is 5.10 Å². The third-order valence-corrected chi connectivity index (χ3v) is 5.07. The summed E-state index contributed by atoms with van der Waals surface area (Å²) >= 11 is 0. The molecular weight excluding hydrogens is 320 g/mol. The van der Waals surface area contributed by atoms with Crippen molar-refractivity contribution in [2.45, 2.75) is 25.2 Å². The van der Waals surface area contributed by atoms with Crippen molar-refractivity contribution in [1.29, 1.82) is 0 Å². The average Bonchev–Trinajstić information content (AvgIpc) is 2.69. The van der Waals surface area contributed by atoms with Crippen molar-refractivity contribution in [3.63, 3.8) is 0 Å². The molecule has 1 aromatic heterocycles. The van der Waals surface area contributed by atoms with Crippen LogP contribution in [0.2, 0.25) is 0 Å². The maximum Gasteiger partial charge on any atom is 0.265 e. The monoisotopic (exact) mass is 336 g/mol. The minimum Gasteiger partial charge on any atom is -0.491 e. The highest BCUT2D eigenvalue weighted by molar-refractivity contribution is 7.92. The number of carbonyl (C=O) groups is 1. The summed E-state index contributed by atoms with van der Waals surface area (Å²) < 4.78 is 33.0. The lowest BCUT2D eigenvalue weighted by molar-refractivity contribution is -0.116. The standard InChI is InChI=1S/C14H16N4O4S/c1-8-14(9(2)17-16-8)23(20,21)18-10-3-4-12-11(7-10)15-13(19)5-6-22-12/h3-4,7,18H,5-6H2,1-2H3,(H,15,19)(H,16,17). The number of nitrogens with zero attached hydrogens (tertiary/aromatic N) is 1. The third kappa shape index (κ3) is 3.00. The zero-order chi connectivity index (χ0) is 16.6. The number of amides is 1. The number of hydrogen-bond donors (Lipinski definition) is 3. The number of aromatic amines is 1. The number of ether oxygens (including phenoxy) is 1. The molecule has 9 heteroatoms. The molecule has 0 aliphatic carbocycles.